The molecule has 0 radical (unpaired) electrons. The number of guanidine groups is 1. The second-order valence-electron chi connectivity index (χ2n) is 4.93. The summed E-state index contributed by atoms with van der Waals surface area (Å²) in [5, 5.41) is 16.5. The smallest absolute Gasteiger partial charge is 0.191 e. The molecule has 1 aromatic carbocycles. The molecule has 2 N–H and O–H groups in total. The Morgan fingerprint density at radius 2 is 2.17 bits per heavy atom. The van der Waals surface area contributed by atoms with Crippen molar-refractivity contribution in [1.29, 1.82) is 5.26 Å². The first-order valence-corrected chi connectivity index (χ1v) is 8.51. The van der Waals surface area contributed by atoms with Gasteiger partial charge in [0.2, 0.25) is 0 Å². The van der Waals surface area contributed by atoms with Crippen molar-refractivity contribution in [2.24, 2.45) is 4.99 Å². The number of nitrogens with one attached hydrogen (secondary N) is 2. The number of rotatable bonds is 6. The lowest BCUT2D eigenvalue weighted by Gasteiger charge is -2.10. The van der Waals surface area contributed by atoms with Crippen LogP contribution in [0.2, 0.25) is 0 Å². The maximum atomic E-state index is 8.94. The Bertz CT molecular complexity index is 705. The number of hydrogen-bond acceptors (Lipinski definition) is 4. The fourth-order valence-electron chi connectivity index (χ4n) is 2.00. The summed E-state index contributed by atoms with van der Waals surface area (Å²) in [5.41, 5.74) is 1.68. The average Bonchev–Trinajstić information content (AvgIpc) is 3.05. The Kier molecular flexibility index (Phi) is 9.34. The van der Waals surface area contributed by atoms with Gasteiger partial charge in [0.25, 0.3) is 0 Å². The lowest BCUT2D eigenvalue weighted by Crippen LogP contribution is -2.36. The largest absolute Gasteiger partial charge is 0.357 e. The summed E-state index contributed by atoms with van der Waals surface area (Å²) in [4.78, 5) is 10.2. The SMILES string of the molecule is CCNC(=NCc1cccc(C#N)c1)NCc1ncc(CC)s1.I. The van der Waals surface area contributed by atoms with Crippen molar-refractivity contribution in [3.8, 4) is 6.07 Å². The molecule has 0 aliphatic carbocycles. The molecule has 0 unspecified atom stereocenters. The highest BCUT2D eigenvalue weighted by Gasteiger charge is 2.03. The third-order valence-corrected chi connectivity index (χ3v) is 4.32. The average molecular weight is 455 g/mol. The van der Waals surface area contributed by atoms with Gasteiger partial charge in [-0.1, -0.05) is 19.1 Å². The van der Waals surface area contributed by atoms with Crippen LogP contribution >= 0.6 is 35.3 Å². The Labute approximate surface area is 164 Å². The van der Waals surface area contributed by atoms with E-state index < -0.39 is 0 Å². The number of hydrogen-bond donors (Lipinski definition) is 2. The van der Waals surface area contributed by atoms with Crippen LogP contribution in [0.4, 0.5) is 0 Å². The molecule has 7 heteroatoms. The maximum Gasteiger partial charge on any atom is 0.191 e. The highest BCUT2D eigenvalue weighted by atomic mass is 127. The van der Waals surface area contributed by atoms with E-state index in [1.54, 1.807) is 17.4 Å². The normalized spacial score (nSPS) is 10.6. The fraction of sp³-hybridized carbons (Fsp3) is 0.353. The van der Waals surface area contributed by atoms with Crippen LogP contribution in [0, 0.1) is 11.3 Å². The van der Waals surface area contributed by atoms with E-state index in [0.717, 1.165) is 29.5 Å². The molecule has 1 heterocycles. The van der Waals surface area contributed by atoms with E-state index in [-0.39, 0.29) is 24.0 Å². The van der Waals surface area contributed by atoms with E-state index in [9.17, 15) is 0 Å². The molecule has 0 saturated carbocycles. The van der Waals surface area contributed by atoms with Crippen molar-refractivity contribution in [3.63, 3.8) is 0 Å². The van der Waals surface area contributed by atoms with E-state index in [2.05, 4.69) is 33.6 Å². The van der Waals surface area contributed by atoms with Crippen molar-refractivity contribution in [2.45, 2.75) is 33.4 Å². The van der Waals surface area contributed by atoms with Crippen LogP contribution in [0.3, 0.4) is 0 Å². The lowest BCUT2D eigenvalue weighted by molar-refractivity contribution is 0.811. The Morgan fingerprint density at radius 1 is 1.33 bits per heavy atom. The van der Waals surface area contributed by atoms with Crippen molar-refractivity contribution in [2.75, 3.05) is 6.54 Å². The predicted octanol–water partition coefficient (Wildman–Crippen LogP) is 3.45. The van der Waals surface area contributed by atoms with E-state index >= 15 is 0 Å². The summed E-state index contributed by atoms with van der Waals surface area (Å²) in [7, 11) is 0. The number of thiazole rings is 1. The van der Waals surface area contributed by atoms with E-state index in [4.69, 9.17) is 5.26 Å². The zero-order chi connectivity index (χ0) is 16.5. The van der Waals surface area contributed by atoms with Crippen LogP contribution in [0.5, 0.6) is 0 Å². The Balaban J connectivity index is 0.00000288. The van der Waals surface area contributed by atoms with Gasteiger partial charge >= 0.3 is 0 Å². The Morgan fingerprint density at radius 3 is 2.83 bits per heavy atom. The van der Waals surface area contributed by atoms with Gasteiger partial charge in [-0.25, -0.2) is 9.98 Å². The van der Waals surface area contributed by atoms with Gasteiger partial charge in [-0.15, -0.1) is 35.3 Å². The number of aryl methyl sites for hydroxylation is 1. The van der Waals surface area contributed by atoms with Crippen LogP contribution in [0.25, 0.3) is 0 Å². The van der Waals surface area contributed by atoms with Crippen LogP contribution in [-0.4, -0.2) is 17.5 Å². The van der Waals surface area contributed by atoms with Gasteiger partial charge in [0, 0.05) is 17.6 Å². The molecule has 0 spiro atoms. The van der Waals surface area contributed by atoms with Gasteiger partial charge in [0.15, 0.2) is 5.96 Å². The van der Waals surface area contributed by atoms with E-state index in [1.165, 1.54) is 4.88 Å². The molecule has 2 aromatic rings. The molecular formula is C17H22IN5S. The predicted molar refractivity (Wildman–Crippen MR) is 110 cm³/mol. The number of aromatic nitrogens is 1. The van der Waals surface area contributed by atoms with Gasteiger partial charge < -0.3 is 10.6 Å². The highest BCUT2D eigenvalue weighted by Crippen LogP contribution is 2.12. The second kappa shape index (κ2) is 11.0. The van der Waals surface area contributed by atoms with Gasteiger partial charge in [0.1, 0.15) is 5.01 Å². The Hall–Kier alpha value is -1.66. The summed E-state index contributed by atoms with van der Waals surface area (Å²) >= 11 is 1.72. The summed E-state index contributed by atoms with van der Waals surface area (Å²) < 4.78 is 0. The van der Waals surface area contributed by atoms with Gasteiger partial charge in [-0.3, -0.25) is 0 Å². The molecular weight excluding hydrogens is 433 g/mol. The maximum absolute atomic E-state index is 8.94. The summed E-state index contributed by atoms with van der Waals surface area (Å²) in [6.07, 6.45) is 2.94. The summed E-state index contributed by atoms with van der Waals surface area (Å²) in [6.45, 7) is 6.15. The molecule has 2 rings (SSSR count). The lowest BCUT2D eigenvalue weighted by atomic mass is 10.1. The first-order chi connectivity index (χ1) is 11.2. The van der Waals surface area contributed by atoms with E-state index in [1.807, 2.05) is 31.3 Å². The molecule has 0 bridgehead atoms. The zero-order valence-electron chi connectivity index (χ0n) is 13.9. The van der Waals surface area contributed by atoms with Crippen molar-refractivity contribution in [1.82, 2.24) is 15.6 Å². The monoisotopic (exact) mass is 455 g/mol. The molecule has 0 aliphatic rings. The minimum atomic E-state index is 0. The first kappa shape index (κ1) is 20.4. The van der Waals surface area contributed by atoms with Crippen LogP contribution in [0.1, 0.15) is 34.9 Å². The van der Waals surface area contributed by atoms with E-state index in [0.29, 0.717) is 18.7 Å². The molecule has 0 fully saturated rings. The molecule has 0 saturated heterocycles. The molecule has 5 nitrogen and oxygen atoms in total. The van der Waals surface area contributed by atoms with Crippen molar-refractivity contribution < 1.29 is 0 Å². The first-order valence-electron chi connectivity index (χ1n) is 7.70. The van der Waals surface area contributed by atoms with Crippen LogP contribution in [0.15, 0.2) is 35.5 Å². The highest BCUT2D eigenvalue weighted by molar-refractivity contribution is 14.0. The standard InChI is InChI=1S/C17H21N5S.HI/c1-3-15-11-20-16(23-15)12-22-17(19-4-2)21-10-14-7-5-6-13(8-14)9-18;/h5-8,11H,3-4,10,12H2,1-2H3,(H2,19,21,22);1H. The van der Waals surface area contributed by atoms with Gasteiger partial charge in [-0.05, 0) is 31.0 Å². The minimum Gasteiger partial charge on any atom is -0.357 e. The number of halogens is 1. The molecule has 0 atom stereocenters. The van der Waals surface area contributed by atoms with Crippen LogP contribution < -0.4 is 10.6 Å². The number of aliphatic imine (C=N–C) groups is 1. The molecule has 128 valence electrons. The third kappa shape index (κ3) is 6.45. The summed E-state index contributed by atoms with van der Waals surface area (Å²) in [6, 6.07) is 9.66. The minimum absolute atomic E-state index is 0. The van der Waals surface area contributed by atoms with Crippen molar-refractivity contribution >= 4 is 41.3 Å². The molecule has 0 amide bonds. The fourth-order valence-corrected chi connectivity index (χ4v) is 2.81. The van der Waals surface area contributed by atoms with Crippen LogP contribution in [-0.2, 0) is 19.5 Å². The van der Waals surface area contributed by atoms with Gasteiger partial charge in [0.05, 0.1) is 24.7 Å². The summed E-state index contributed by atoms with van der Waals surface area (Å²) in [5.74, 6) is 0.753. The molecule has 24 heavy (non-hydrogen) atoms. The molecule has 1 aromatic heterocycles. The van der Waals surface area contributed by atoms with Crippen molar-refractivity contribution in [3.05, 3.63) is 51.5 Å². The number of nitrogens with zero attached hydrogens (tertiary/aromatic N) is 3. The quantitative estimate of drug-likeness (QED) is 0.398. The zero-order valence-corrected chi connectivity index (χ0v) is 17.0. The number of nitriles is 1. The second-order valence-corrected chi connectivity index (χ2v) is 6.13. The topological polar surface area (TPSA) is 73.1 Å². The van der Waals surface area contributed by atoms with Gasteiger partial charge in [-0.2, -0.15) is 5.26 Å². The molecule has 0 aliphatic heterocycles. The third-order valence-electron chi connectivity index (χ3n) is 3.18. The number of benzene rings is 1.